The van der Waals surface area contributed by atoms with Gasteiger partial charge in [0, 0.05) is 42.3 Å². The van der Waals surface area contributed by atoms with Crippen LogP contribution in [0.25, 0.3) is 10.9 Å². The second kappa shape index (κ2) is 7.67. The SMILES string of the molecule is O=C(CCc1cnc2ccccc2c1)c1ccc(N2CCOCC2)cc1. The van der Waals surface area contributed by atoms with Crippen molar-refractivity contribution in [2.75, 3.05) is 31.2 Å². The van der Waals surface area contributed by atoms with E-state index in [1.165, 1.54) is 0 Å². The zero-order valence-electron chi connectivity index (χ0n) is 14.7. The lowest BCUT2D eigenvalue weighted by molar-refractivity contribution is 0.0982. The number of anilines is 1. The van der Waals surface area contributed by atoms with E-state index in [-0.39, 0.29) is 5.78 Å². The van der Waals surface area contributed by atoms with Crippen LogP contribution in [0.5, 0.6) is 0 Å². The first kappa shape index (κ1) is 16.7. The molecule has 26 heavy (non-hydrogen) atoms. The zero-order valence-corrected chi connectivity index (χ0v) is 14.7. The highest BCUT2D eigenvalue weighted by molar-refractivity contribution is 5.96. The summed E-state index contributed by atoms with van der Waals surface area (Å²) in [4.78, 5) is 19.3. The largest absolute Gasteiger partial charge is 0.378 e. The van der Waals surface area contributed by atoms with Gasteiger partial charge in [-0.25, -0.2) is 0 Å². The third kappa shape index (κ3) is 3.75. The van der Waals surface area contributed by atoms with Crippen LogP contribution in [0.4, 0.5) is 5.69 Å². The third-order valence-corrected chi connectivity index (χ3v) is 4.85. The van der Waals surface area contributed by atoms with Crippen LogP contribution in [-0.4, -0.2) is 37.1 Å². The molecule has 0 atom stereocenters. The molecule has 1 aliphatic rings. The van der Waals surface area contributed by atoms with E-state index in [0.717, 1.165) is 54.0 Å². The maximum Gasteiger partial charge on any atom is 0.163 e. The summed E-state index contributed by atoms with van der Waals surface area (Å²) in [6.45, 7) is 3.34. The number of para-hydroxylation sites is 1. The molecular weight excluding hydrogens is 324 g/mol. The van der Waals surface area contributed by atoms with Crippen LogP contribution >= 0.6 is 0 Å². The van der Waals surface area contributed by atoms with Gasteiger partial charge >= 0.3 is 0 Å². The second-order valence-electron chi connectivity index (χ2n) is 6.61. The second-order valence-corrected chi connectivity index (χ2v) is 6.61. The van der Waals surface area contributed by atoms with Crippen LogP contribution in [0.1, 0.15) is 22.3 Å². The van der Waals surface area contributed by atoms with Crippen molar-refractivity contribution in [3.63, 3.8) is 0 Å². The van der Waals surface area contributed by atoms with E-state index in [2.05, 4.69) is 22.0 Å². The number of pyridine rings is 1. The Morgan fingerprint density at radius 1 is 1.04 bits per heavy atom. The van der Waals surface area contributed by atoms with Gasteiger partial charge in [0.2, 0.25) is 0 Å². The summed E-state index contributed by atoms with van der Waals surface area (Å²) in [5.41, 5.74) is 4.02. The molecule has 0 radical (unpaired) electrons. The minimum absolute atomic E-state index is 0.173. The maximum absolute atomic E-state index is 12.5. The molecule has 1 fully saturated rings. The van der Waals surface area contributed by atoms with E-state index in [1.807, 2.05) is 48.7 Å². The zero-order chi connectivity index (χ0) is 17.8. The summed E-state index contributed by atoms with van der Waals surface area (Å²) in [5.74, 6) is 0.173. The van der Waals surface area contributed by atoms with Crippen molar-refractivity contribution in [3.05, 3.63) is 71.9 Å². The van der Waals surface area contributed by atoms with Gasteiger partial charge in [-0.15, -0.1) is 0 Å². The van der Waals surface area contributed by atoms with E-state index >= 15 is 0 Å². The lowest BCUT2D eigenvalue weighted by Gasteiger charge is -2.28. The number of nitrogens with zero attached hydrogens (tertiary/aromatic N) is 2. The molecule has 4 rings (SSSR count). The van der Waals surface area contributed by atoms with Crippen molar-refractivity contribution in [2.45, 2.75) is 12.8 Å². The number of benzene rings is 2. The Balaban J connectivity index is 1.39. The average Bonchev–Trinajstić information content (AvgIpc) is 2.72. The molecule has 0 N–H and O–H groups in total. The van der Waals surface area contributed by atoms with Gasteiger partial charge in [0.15, 0.2) is 5.78 Å². The number of ether oxygens (including phenoxy) is 1. The molecule has 0 spiro atoms. The molecular formula is C22H22N2O2. The Labute approximate surface area is 153 Å². The lowest BCUT2D eigenvalue weighted by atomic mass is 10.0. The molecule has 1 aromatic heterocycles. The summed E-state index contributed by atoms with van der Waals surface area (Å²) < 4.78 is 5.38. The molecule has 3 aromatic rings. The number of aromatic nitrogens is 1. The number of carbonyl (C=O) groups excluding carboxylic acids is 1. The molecule has 4 heteroatoms. The molecule has 2 heterocycles. The van der Waals surface area contributed by atoms with Crippen LogP contribution < -0.4 is 4.90 Å². The van der Waals surface area contributed by atoms with Gasteiger partial charge in [0.05, 0.1) is 18.7 Å². The fourth-order valence-electron chi connectivity index (χ4n) is 3.34. The molecule has 2 aromatic carbocycles. The Morgan fingerprint density at radius 2 is 1.81 bits per heavy atom. The van der Waals surface area contributed by atoms with Crippen molar-refractivity contribution >= 4 is 22.4 Å². The van der Waals surface area contributed by atoms with Gasteiger partial charge in [0.25, 0.3) is 0 Å². The number of aryl methyl sites for hydroxylation is 1. The highest BCUT2D eigenvalue weighted by Gasteiger charge is 2.12. The van der Waals surface area contributed by atoms with Gasteiger partial charge in [-0.2, -0.15) is 0 Å². The van der Waals surface area contributed by atoms with E-state index in [4.69, 9.17) is 4.74 Å². The number of hydrogen-bond donors (Lipinski definition) is 0. The summed E-state index contributed by atoms with van der Waals surface area (Å²) in [6.07, 6.45) is 3.08. The first-order valence-electron chi connectivity index (χ1n) is 9.09. The topological polar surface area (TPSA) is 42.4 Å². The first-order chi connectivity index (χ1) is 12.8. The summed E-state index contributed by atoms with van der Waals surface area (Å²) in [6, 6.07) is 18.1. The smallest absolute Gasteiger partial charge is 0.163 e. The molecule has 0 aliphatic carbocycles. The van der Waals surface area contributed by atoms with Crippen LogP contribution in [0.15, 0.2) is 60.8 Å². The fourth-order valence-corrected chi connectivity index (χ4v) is 3.34. The lowest BCUT2D eigenvalue weighted by Crippen LogP contribution is -2.36. The van der Waals surface area contributed by atoms with Gasteiger partial charge in [0.1, 0.15) is 0 Å². The first-order valence-corrected chi connectivity index (χ1v) is 9.09. The maximum atomic E-state index is 12.5. The van der Waals surface area contributed by atoms with Crippen LogP contribution in [-0.2, 0) is 11.2 Å². The fraction of sp³-hybridized carbons (Fsp3) is 0.273. The number of morpholine rings is 1. The monoisotopic (exact) mass is 346 g/mol. The van der Waals surface area contributed by atoms with Crippen molar-refractivity contribution in [1.29, 1.82) is 0 Å². The van der Waals surface area contributed by atoms with Gasteiger partial charge in [-0.1, -0.05) is 18.2 Å². The summed E-state index contributed by atoms with van der Waals surface area (Å²) >= 11 is 0. The number of carbonyl (C=O) groups is 1. The van der Waals surface area contributed by atoms with Gasteiger partial charge < -0.3 is 9.64 Å². The van der Waals surface area contributed by atoms with Gasteiger partial charge in [-0.05, 0) is 48.4 Å². The molecule has 1 saturated heterocycles. The molecule has 0 unspecified atom stereocenters. The van der Waals surface area contributed by atoms with Crippen LogP contribution in [0.3, 0.4) is 0 Å². The van der Waals surface area contributed by atoms with Crippen molar-refractivity contribution in [3.8, 4) is 0 Å². The Hall–Kier alpha value is -2.72. The van der Waals surface area contributed by atoms with Crippen LogP contribution in [0.2, 0.25) is 0 Å². The Kier molecular flexibility index (Phi) is 4.93. The summed E-state index contributed by atoms with van der Waals surface area (Å²) in [5, 5.41) is 1.12. The number of Topliss-reactive ketones (excluding diaryl/α,β-unsaturated/α-hetero) is 1. The average molecular weight is 346 g/mol. The molecule has 0 saturated carbocycles. The highest BCUT2D eigenvalue weighted by Crippen LogP contribution is 2.19. The number of ketones is 1. The number of rotatable bonds is 5. The van der Waals surface area contributed by atoms with Crippen molar-refractivity contribution in [1.82, 2.24) is 4.98 Å². The number of fused-ring (bicyclic) bond motifs is 1. The Bertz CT molecular complexity index is 899. The minimum Gasteiger partial charge on any atom is -0.378 e. The molecule has 132 valence electrons. The van der Waals surface area contributed by atoms with Crippen LogP contribution in [0, 0.1) is 0 Å². The molecule has 0 amide bonds. The normalized spacial score (nSPS) is 14.5. The van der Waals surface area contributed by atoms with E-state index in [1.54, 1.807) is 0 Å². The van der Waals surface area contributed by atoms with E-state index in [9.17, 15) is 4.79 Å². The molecule has 1 aliphatic heterocycles. The number of hydrogen-bond acceptors (Lipinski definition) is 4. The standard InChI is InChI=1S/C22H22N2O2/c25-22(10-5-17-15-19-3-1-2-4-21(19)23-16-17)18-6-8-20(9-7-18)24-11-13-26-14-12-24/h1-4,6-9,15-16H,5,10-14H2. The molecule has 0 bridgehead atoms. The quantitative estimate of drug-likeness (QED) is 0.658. The van der Waals surface area contributed by atoms with Gasteiger partial charge in [-0.3, -0.25) is 9.78 Å². The third-order valence-electron chi connectivity index (χ3n) is 4.85. The molecule has 4 nitrogen and oxygen atoms in total. The minimum atomic E-state index is 0.173. The summed E-state index contributed by atoms with van der Waals surface area (Å²) in [7, 11) is 0. The Morgan fingerprint density at radius 3 is 2.62 bits per heavy atom. The van der Waals surface area contributed by atoms with Crippen molar-refractivity contribution < 1.29 is 9.53 Å². The van der Waals surface area contributed by atoms with E-state index in [0.29, 0.717) is 12.8 Å². The van der Waals surface area contributed by atoms with E-state index < -0.39 is 0 Å². The predicted octanol–water partition coefficient (Wildman–Crippen LogP) is 3.89. The highest BCUT2D eigenvalue weighted by atomic mass is 16.5. The van der Waals surface area contributed by atoms with Crippen molar-refractivity contribution in [2.24, 2.45) is 0 Å². The predicted molar refractivity (Wildman–Crippen MR) is 104 cm³/mol.